The fourth-order valence-corrected chi connectivity index (χ4v) is 4.25. The third-order valence-electron chi connectivity index (χ3n) is 5.31. The van der Waals surface area contributed by atoms with Crippen molar-refractivity contribution in [3.8, 4) is 0 Å². The molecule has 4 nitrogen and oxygen atoms in total. The fourth-order valence-electron chi connectivity index (χ4n) is 3.72. The molecule has 0 bridgehead atoms. The lowest BCUT2D eigenvalue weighted by atomic mass is 10.0. The second-order valence-electron chi connectivity index (χ2n) is 7.46. The molecule has 0 saturated carbocycles. The lowest BCUT2D eigenvalue weighted by molar-refractivity contribution is 0.0866. The lowest BCUT2D eigenvalue weighted by Crippen LogP contribution is -2.47. The number of likely N-dealkylation sites (N-methyl/N-ethyl adjacent to an activating group) is 1. The Labute approximate surface area is 173 Å². The minimum absolute atomic E-state index is 0.0219. The molecule has 5 heteroatoms. The van der Waals surface area contributed by atoms with Crippen LogP contribution in [0.15, 0.2) is 54.6 Å². The second-order valence-corrected chi connectivity index (χ2v) is 8.33. The van der Waals surface area contributed by atoms with Crippen LogP contribution in [0.5, 0.6) is 0 Å². The van der Waals surface area contributed by atoms with Crippen LogP contribution in [0.25, 0.3) is 0 Å². The van der Waals surface area contributed by atoms with Crippen molar-refractivity contribution in [2.24, 2.45) is 0 Å². The monoisotopic (exact) mass is 397 g/mol. The van der Waals surface area contributed by atoms with Gasteiger partial charge in [0, 0.05) is 50.1 Å². The molecule has 0 aromatic heterocycles. The van der Waals surface area contributed by atoms with E-state index >= 15 is 0 Å². The molecule has 1 N–H and O–H groups in total. The summed E-state index contributed by atoms with van der Waals surface area (Å²) in [5.74, 6) is 1.00. The van der Waals surface area contributed by atoms with Gasteiger partial charge in [0.05, 0.1) is 0 Å². The lowest BCUT2D eigenvalue weighted by Gasteiger charge is -2.40. The molecule has 150 valence electrons. The molecule has 28 heavy (non-hydrogen) atoms. The minimum atomic E-state index is 0.0219. The molecule has 0 unspecified atom stereocenters. The number of thioether (sulfide) groups is 1. The Morgan fingerprint density at radius 3 is 2.57 bits per heavy atom. The van der Waals surface area contributed by atoms with Crippen LogP contribution in [-0.4, -0.2) is 61.7 Å². The van der Waals surface area contributed by atoms with Gasteiger partial charge in [0.2, 0.25) is 0 Å². The van der Waals surface area contributed by atoms with E-state index in [-0.39, 0.29) is 5.91 Å². The number of carbonyl (C=O) groups excluding carboxylic acids is 1. The molecule has 1 saturated heterocycles. The zero-order valence-electron chi connectivity index (χ0n) is 16.9. The van der Waals surface area contributed by atoms with Crippen LogP contribution in [-0.2, 0) is 5.75 Å². The highest BCUT2D eigenvalue weighted by atomic mass is 32.2. The number of hydrogen-bond acceptors (Lipinski definition) is 4. The number of piperazine rings is 1. The Balaban J connectivity index is 1.47. The molecule has 0 spiro atoms. The van der Waals surface area contributed by atoms with E-state index < -0.39 is 0 Å². The Bertz CT molecular complexity index is 735. The maximum atomic E-state index is 12.4. The third kappa shape index (κ3) is 5.84. The van der Waals surface area contributed by atoms with Crippen molar-refractivity contribution in [3.05, 3.63) is 71.3 Å². The van der Waals surface area contributed by atoms with Crippen molar-refractivity contribution in [1.29, 1.82) is 0 Å². The van der Waals surface area contributed by atoms with Crippen molar-refractivity contribution in [2.75, 3.05) is 46.0 Å². The van der Waals surface area contributed by atoms with Crippen molar-refractivity contribution in [2.45, 2.75) is 18.2 Å². The van der Waals surface area contributed by atoms with Crippen LogP contribution in [0.4, 0.5) is 0 Å². The third-order valence-corrected chi connectivity index (χ3v) is 5.94. The van der Waals surface area contributed by atoms with Crippen LogP contribution in [0, 0.1) is 0 Å². The molecule has 1 amide bonds. The Morgan fingerprint density at radius 1 is 1.11 bits per heavy atom. The number of benzene rings is 2. The molecule has 2 aromatic rings. The van der Waals surface area contributed by atoms with Gasteiger partial charge in [0.25, 0.3) is 5.91 Å². The van der Waals surface area contributed by atoms with E-state index in [1.807, 2.05) is 24.3 Å². The molecule has 1 heterocycles. The fraction of sp³-hybridized carbons (Fsp3) is 0.435. The first-order valence-electron chi connectivity index (χ1n) is 10.0. The second kappa shape index (κ2) is 10.6. The van der Waals surface area contributed by atoms with Gasteiger partial charge < -0.3 is 10.2 Å². The van der Waals surface area contributed by atoms with Gasteiger partial charge in [-0.2, -0.15) is 11.8 Å². The van der Waals surface area contributed by atoms with Gasteiger partial charge in [0.15, 0.2) is 0 Å². The highest BCUT2D eigenvalue weighted by molar-refractivity contribution is 7.97. The summed E-state index contributed by atoms with van der Waals surface area (Å²) in [6.07, 6.45) is 3.05. The molecule has 2 aromatic carbocycles. The van der Waals surface area contributed by atoms with Crippen LogP contribution >= 0.6 is 11.8 Å². The highest BCUT2D eigenvalue weighted by Gasteiger charge is 2.25. The molecule has 1 aliphatic rings. The van der Waals surface area contributed by atoms with Crippen LogP contribution in [0.3, 0.4) is 0 Å². The first-order valence-corrected chi connectivity index (χ1v) is 11.4. The quantitative estimate of drug-likeness (QED) is 0.690. The number of nitrogens with zero attached hydrogens (tertiary/aromatic N) is 2. The summed E-state index contributed by atoms with van der Waals surface area (Å²) >= 11 is 1.79. The van der Waals surface area contributed by atoms with E-state index in [2.05, 4.69) is 58.8 Å². The molecule has 0 aliphatic carbocycles. The van der Waals surface area contributed by atoms with E-state index in [1.54, 1.807) is 11.8 Å². The van der Waals surface area contributed by atoms with Gasteiger partial charge in [-0.3, -0.25) is 9.69 Å². The summed E-state index contributed by atoms with van der Waals surface area (Å²) in [6.45, 7) is 4.93. The van der Waals surface area contributed by atoms with Crippen molar-refractivity contribution < 1.29 is 4.79 Å². The summed E-state index contributed by atoms with van der Waals surface area (Å²) in [7, 11) is 2.19. The molecular weight excluding hydrogens is 366 g/mol. The number of amides is 1. The summed E-state index contributed by atoms with van der Waals surface area (Å²) in [5.41, 5.74) is 3.38. The van der Waals surface area contributed by atoms with Gasteiger partial charge in [-0.05, 0) is 43.0 Å². The molecule has 1 atom stereocenters. The maximum absolute atomic E-state index is 12.4. The number of rotatable bonds is 8. The summed E-state index contributed by atoms with van der Waals surface area (Å²) in [5, 5.41) is 3.07. The summed E-state index contributed by atoms with van der Waals surface area (Å²) < 4.78 is 0. The van der Waals surface area contributed by atoms with Gasteiger partial charge >= 0.3 is 0 Å². The first-order chi connectivity index (χ1) is 13.7. The van der Waals surface area contributed by atoms with Crippen LogP contribution < -0.4 is 5.32 Å². The van der Waals surface area contributed by atoms with E-state index in [4.69, 9.17) is 0 Å². The van der Waals surface area contributed by atoms with Crippen LogP contribution in [0.2, 0.25) is 0 Å². The standard InChI is InChI=1S/C23H31N3OS/c1-25-15-16-26(22(17-25)20-7-4-3-5-8-20)14-6-13-24-23(27)21-11-9-19(10-12-21)18-28-2/h3-5,7-12,22H,6,13-18H2,1-2H3,(H,24,27)/t22-/m1/s1. The SMILES string of the molecule is CSCc1ccc(C(=O)NCCCN2CCN(C)C[C@@H]2c2ccccc2)cc1. The predicted molar refractivity (Wildman–Crippen MR) is 119 cm³/mol. The van der Waals surface area contributed by atoms with Gasteiger partial charge in [-0.15, -0.1) is 0 Å². The minimum Gasteiger partial charge on any atom is -0.352 e. The Kier molecular flexibility index (Phi) is 7.95. The molecule has 0 radical (unpaired) electrons. The average molecular weight is 398 g/mol. The van der Waals surface area contributed by atoms with Crippen molar-refractivity contribution >= 4 is 17.7 Å². The number of nitrogens with one attached hydrogen (secondary N) is 1. The van der Waals surface area contributed by atoms with Crippen molar-refractivity contribution in [1.82, 2.24) is 15.1 Å². The molecule has 1 aliphatic heterocycles. The normalized spacial score (nSPS) is 18.1. The first kappa shape index (κ1) is 20.9. The largest absolute Gasteiger partial charge is 0.352 e. The maximum Gasteiger partial charge on any atom is 0.251 e. The number of carbonyl (C=O) groups is 1. The van der Waals surface area contributed by atoms with E-state index in [0.717, 1.165) is 43.9 Å². The zero-order chi connectivity index (χ0) is 19.8. The van der Waals surface area contributed by atoms with Gasteiger partial charge in [-0.25, -0.2) is 0 Å². The van der Waals surface area contributed by atoms with E-state index in [9.17, 15) is 4.79 Å². The van der Waals surface area contributed by atoms with E-state index in [1.165, 1.54) is 11.1 Å². The molecular formula is C23H31N3OS. The van der Waals surface area contributed by atoms with Crippen molar-refractivity contribution in [3.63, 3.8) is 0 Å². The summed E-state index contributed by atoms with van der Waals surface area (Å²) in [6, 6.07) is 19.1. The smallest absolute Gasteiger partial charge is 0.251 e. The molecule has 1 fully saturated rings. The van der Waals surface area contributed by atoms with Gasteiger partial charge in [0.1, 0.15) is 0 Å². The topological polar surface area (TPSA) is 35.6 Å². The zero-order valence-corrected chi connectivity index (χ0v) is 17.8. The van der Waals surface area contributed by atoms with Gasteiger partial charge in [-0.1, -0.05) is 42.5 Å². The van der Waals surface area contributed by atoms with E-state index in [0.29, 0.717) is 12.6 Å². The Hall–Kier alpha value is -1.82. The number of hydrogen-bond donors (Lipinski definition) is 1. The van der Waals surface area contributed by atoms with Crippen LogP contribution in [0.1, 0.15) is 33.9 Å². The highest BCUT2D eigenvalue weighted by Crippen LogP contribution is 2.24. The molecule has 3 rings (SSSR count). The average Bonchev–Trinajstić information content (AvgIpc) is 2.73. The summed E-state index contributed by atoms with van der Waals surface area (Å²) in [4.78, 5) is 17.3. The Morgan fingerprint density at radius 2 is 1.86 bits per heavy atom. The predicted octanol–water partition coefficient (Wildman–Crippen LogP) is 3.66.